The van der Waals surface area contributed by atoms with Crippen LogP contribution in [0.15, 0.2) is 42.5 Å². The van der Waals surface area contributed by atoms with E-state index in [-0.39, 0.29) is 0 Å². The number of rotatable bonds is 3. The third-order valence-corrected chi connectivity index (χ3v) is 4.94. The maximum atomic E-state index is 12.3. The van der Waals surface area contributed by atoms with Gasteiger partial charge in [-0.05, 0) is 47.1 Å². The van der Waals surface area contributed by atoms with Gasteiger partial charge in [0.1, 0.15) is 0 Å². The molecule has 0 aliphatic carbocycles. The minimum Gasteiger partial charge on any atom is -0.294 e. The molecule has 0 bridgehead atoms. The minimum atomic E-state index is 0.308. The van der Waals surface area contributed by atoms with Crippen LogP contribution in [0.1, 0.15) is 29.6 Å². The molecule has 0 atom stereocenters. The van der Waals surface area contributed by atoms with Crippen molar-refractivity contribution in [3.05, 3.63) is 48.0 Å². The standard InChI is InChI=1S/C17H18OS/c18-17(11-13-7-9-19-10-8-13)16-6-5-14-3-1-2-4-15(14)12-16/h1-6,12-13H,7-11H2. The van der Waals surface area contributed by atoms with Gasteiger partial charge in [-0.3, -0.25) is 4.79 Å². The molecule has 0 saturated carbocycles. The third-order valence-electron chi connectivity index (χ3n) is 3.89. The second kappa shape index (κ2) is 5.79. The normalized spacial score (nSPS) is 16.6. The highest BCUT2D eigenvalue weighted by Crippen LogP contribution is 2.27. The van der Waals surface area contributed by atoms with Gasteiger partial charge in [0.05, 0.1) is 0 Å². The van der Waals surface area contributed by atoms with Crippen LogP contribution >= 0.6 is 11.8 Å². The van der Waals surface area contributed by atoms with Crippen LogP contribution in [0.4, 0.5) is 0 Å². The molecule has 0 amide bonds. The average Bonchev–Trinajstić information content (AvgIpc) is 2.48. The van der Waals surface area contributed by atoms with Crippen molar-refractivity contribution < 1.29 is 4.79 Å². The lowest BCUT2D eigenvalue weighted by Crippen LogP contribution is -2.14. The molecular formula is C17H18OS. The van der Waals surface area contributed by atoms with Crippen molar-refractivity contribution in [2.45, 2.75) is 19.3 Å². The number of ketones is 1. The van der Waals surface area contributed by atoms with Gasteiger partial charge < -0.3 is 0 Å². The average molecular weight is 270 g/mol. The Kier molecular flexibility index (Phi) is 3.88. The fourth-order valence-corrected chi connectivity index (χ4v) is 3.90. The number of benzene rings is 2. The van der Waals surface area contributed by atoms with E-state index in [2.05, 4.69) is 18.2 Å². The van der Waals surface area contributed by atoms with Gasteiger partial charge in [-0.1, -0.05) is 36.4 Å². The monoisotopic (exact) mass is 270 g/mol. The Morgan fingerprint density at radius 1 is 1.05 bits per heavy atom. The van der Waals surface area contributed by atoms with Gasteiger partial charge in [0, 0.05) is 12.0 Å². The van der Waals surface area contributed by atoms with Crippen molar-refractivity contribution in [2.24, 2.45) is 5.92 Å². The molecule has 1 nitrogen and oxygen atoms in total. The molecule has 1 fully saturated rings. The topological polar surface area (TPSA) is 17.1 Å². The van der Waals surface area contributed by atoms with Crippen molar-refractivity contribution in [3.8, 4) is 0 Å². The lowest BCUT2D eigenvalue weighted by molar-refractivity contribution is 0.0959. The molecular weight excluding hydrogens is 252 g/mol. The van der Waals surface area contributed by atoms with Crippen molar-refractivity contribution in [1.29, 1.82) is 0 Å². The fourth-order valence-electron chi connectivity index (χ4n) is 2.69. The van der Waals surface area contributed by atoms with E-state index in [0.29, 0.717) is 11.7 Å². The van der Waals surface area contributed by atoms with E-state index in [0.717, 1.165) is 17.4 Å². The molecule has 0 radical (unpaired) electrons. The minimum absolute atomic E-state index is 0.308. The van der Waals surface area contributed by atoms with E-state index < -0.39 is 0 Å². The Labute approximate surface area is 118 Å². The summed E-state index contributed by atoms with van der Waals surface area (Å²) in [6.45, 7) is 0. The van der Waals surface area contributed by atoms with Crippen LogP contribution in [-0.2, 0) is 0 Å². The van der Waals surface area contributed by atoms with Crippen LogP contribution in [0, 0.1) is 5.92 Å². The van der Waals surface area contributed by atoms with Crippen molar-refractivity contribution >= 4 is 28.3 Å². The predicted octanol–water partition coefficient (Wildman–Crippen LogP) is 4.56. The van der Waals surface area contributed by atoms with E-state index in [1.165, 1.54) is 29.7 Å². The van der Waals surface area contributed by atoms with Gasteiger partial charge in [-0.15, -0.1) is 0 Å². The number of Topliss-reactive ketones (excluding diaryl/α,β-unsaturated/α-hetero) is 1. The van der Waals surface area contributed by atoms with Crippen LogP contribution in [0.2, 0.25) is 0 Å². The number of fused-ring (bicyclic) bond motifs is 1. The summed E-state index contributed by atoms with van der Waals surface area (Å²) in [5.74, 6) is 3.34. The fraction of sp³-hybridized carbons (Fsp3) is 0.353. The summed E-state index contributed by atoms with van der Waals surface area (Å²) in [6, 6.07) is 14.3. The summed E-state index contributed by atoms with van der Waals surface area (Å²) in [5, 5.41) is 2.36. The number of carbonyl (C=O) groups is 1. The van der Waals surface area contributed by atoms with E-state index in [9.17, 15) is 4.79 Å². The van der Waals surface area contributed by atoms with E-state index in [1.54, 1.807) is 0 Å². The Morgan fingerprint density at radius 3 is 2.58 bits per heavy atom. The number of hydrogen-bond acceptors (Lipinski definition) is 2. The zero-order valence-corrected chi connectivity index (χ0v) is 11.8. The summed E-state index contributed by atoms with van der Waals surface area (Å²) in [5.41, 5.74) is 0.872. The highest BCUT2D eigenvalue weighted by Gasteiger charge is 2.18. The first-order valence-electron chi connectivity index (χ1n) is 6.93. The second-order valence-electron chi connectivity index (χ2n) is 5.24. The van der Waals surface area contributed by atoms with Crippen LogP contribution in [-0.4, -0.2) is 17.3 Å². The lowest BCUT2D eigenvalue weighted by Gasteiger charge is -2.20. The maximum absolute atomic E-state index is 12.3. The Morgan fingerprint density at radius 2 is 1.79 bits per heavy atom. The number of hydrogen-bond donors (Lipinski definition) is 0. The first kappa shape index (κ1) is 12.7. The highest BCUT2D eigenvalue weighted by atomic mass is 32.2. The molecule has 2 aromatic rings. The Hall–Kier alpha value is -1.28. The van der Waals surface area contributed by atoms with Gasteiger partial charge in [-0.2, -0.15) is 11.8 Å². The van der Waals surface area contributed by atoms with Gasteiger partial charge in [0.15, 0.2) is 5.78 Å². The predicted molar refractivity (Wildman–Crippen MR) is 82.9 cm³/mol. The molecule has 1 saturated heterocycles. The van der Waals surface area contributed by atoms with Gasteiger partial charge in [-0.25, -0.2) is 0 Å². The third kappa shape index (κ3) is 3.01. The summed E-state index contributed by atoms with van der Waals surface area (Å²) in [4.78, 5) is 12.3. The van der Waals surface area contributed by atoms with E-state index in [1.807, 2.05) is 36.0 Å². The molecule has 2 heteroatoms. The summed E-state index contributed by atoms with van der Waals surface area (Å²) < 4.78 is 0. The number of carbonyl (C=O) groups excluding carboxylic acids is 1. The number of thioether (sulfide) groups is 1. The molecule has 0 spiro atoms. The van der Waals surface area contributed by atoms with Crippen LogP contribution in [0.25, 0.3) is 10.8 Å². The molecule has 0 unspecified atom stereocenters. The largest absolute Gasteiger partial charge is 0.294 e. The molecule has 3 rings (SSSR count). The Bertz CT molecular complexity index is 585. The first-order chi connectivity index (χ1) is 9.33. The van der Waals surface area contributed by atoms with Crippen molar-refractivity contribution in [2.75, 3.05) is 11.5 Å². The molecule has 0 N–H and O–H groups in total. The first-order valence-corrected chi connectivity index (χ1v) is 8.08. The highest BCUT2D eigenvalue weighted by molar-refractivity contribution is 7.99. The summed E-state index contributed by atoms with van der Waals surface area (Å²) in [7, 11) is 0. The van der Waals surface area contributed by atoms with Gasteiger partial charge in [0.25, 0.3) is 0 Å². The zero-order valence-electron chi connectivity index (χ0n) is 11.0. The second-order valence-corrected chi connectivity index (χ2v) is 6.47. The van der Waals surface area contributed by atoms with Crippen molar-refractivity contribution in [3.63, 3.8) is 0 Å². The lowest BCUT2D eigenvalue weighted by atomic mass is 9.93. The quantitative estimate of drug-likeness (QED) is 0.761. The molecule has 2 aromatic carbocycles. The van der Waals surface area contributed by atoms with Gasteiger partial charge >= 0.3 is 0 Å². The molecule has 1 heterocycles. The molecule has 19 heavy (non-hydrogen) atoms. The van der Waals surface area contributed by atoms with E-state index >= 15 is 0 Å². The summed E-state index contributed by atoms with van der Waals surface area (Å²) >= 11 is 2.01. The zero-order chi connectivity index (χ0) is 13.1. The van der Waals surface area contributed by atoms with Crippen LogP contribution in [0.5, 0.6) is 0 Å². The maximum Gasteiger partial charge on any atom is 0.163 e. The SMILES string of the molecule is O=C(CC1CCSCC1)c1ccc2ccccc2c1. The van der Waals surface area contributed by atoms with Gasteiger partial charge in [0.2, 0.25) is 0 Å². The van der Waals surface area contributed by atoms with E-state index in [4.69, 9.17) is 0 Å². The summed E-state index contributed by atoms with van der Waals surface area (Å²) in [6.07, 6.45) is 3.12. The smallest absolute Gasteiger partial charge is 0.163 e. The van der Waals surface area contributed by atoms with Crippen LogP contribution in [0.3, 0.4) is 0 Å². The van der Waals surface area contributed by atoms with Crippen LogP contribution < -0.4 is 0 Å². The molecule has 1 aliphatic rings. The van der Waals surface area contributed by atoms with Crippen molar-refractivity contribution in [1.82, 2.24) is 0 Å². The molecule has 0 aromatic heterocycles. The molecule has 1 aliphatic heterocycles. The molecule has 98 valence electrons. The Balaban J connectivity index is 1.77.